The van der Waals surface area contributed by atoms with Crippen molar-refractivity contribution >= 4 is 0 Å². The highest BCUT2D eigenvalue weighted by Gasteiger charge is 2.00. The molecule has 82 valence electrons. The average Bonchev–Trinajstić information content (AvgIpc) is 2.27. The Kier molecular flexibility index (Phi) is 7.35. The molecule has 0 unspecified atom stereocenters. The van der Waals surface area contributed by atoms with Crippen molar-refractivity contribution in [2.45, 2.75) is 34.1 Å². The van der Waals surface area contributed by atoms with Crippen molar-refractivity contribution in [2.75, 3.05) is 0 Å². The average molecular weight is 202 g/mol. The highest BCUT2D eigenvalue weighted by molar-refractivity contribution is 5.46. The lowest BCUT2D eigenvalue weighted by Crippen LogP contribution is -1.88. The van der Waals surface area contributed by atoms with Crippen molar-refractivity contribution in [3.05, 3.63) is 59.8 Å². The first-order valence-corrected chi connectivity index (χ1v) is 5.49. The Morgan fingerprint density at radius 3 is 2.27 bits per heavy atom. The molecular formula is C15H22. The molecule has 0 aromatic rings. The molecule has 0 aliphatic heterocycles. The molecule has 0 spiro atoms. The number of hydrogen-bond acceptors (Lipinski definition) is 0. The van der Waals surface area contributed by atoms with Gasteiger partial charge in [-0.05, 0) is 43.9 Å². The largest absolute Gasteiger partial charge is 0.0991 e. The predicted molar refractivity (Wildman–Crippen MR) is 70.9 cm³/mol. The van der Waals surface area contributed by atoms with Crippen molar-refractivity contribution in [1.82, 2.24) is 0 Å². The summed E-state index contributed by atoms with van der Waals surface area (Å²) >= 11 is 0. The van der Waals surface area contributed by atoms with E-state index in [1.54, 1.807) is 0 Å². The minimum Gasteiger partial charge on any atom is -0.0991 e. The van der Waals surface area contributed by atoms with E-state index in [9.17, 15) is 0 Å². The second-order valence-electron chi connectivity index (χ2n) is 3.36. The first-order valence-electron chi connectivity index (χ1n) is 5.49. The maximum atomic E-state index is 3.70. The Morgan fingerprint density at radius 2 is 1.87 bits per heavy atom. The molecule has 0 aliphatic carbocycles. The van der Waals surface area contributed by atoms with Crippen molar-refractivity contribution in [3.8, 4) is 0 Å². The molecule has 0 nitrogen and oxygen atoms in total. The number of rotatable bonds is 5. The summed E-state index contributed by atoms with van der Waals surface area (Å²) < 4.78 is 0. The van der Waals surface area contributed by atoms with Gasteiger partial charge in [0, 0.05) is 0 Å². The molecule has 0 N–H and O–H groups in total. The standard InChI is InChI=1S/C15H22/c1-6-10-12-15(13(5)8-3)14(9-4)11-7-2/h6-8,10-12H,1,9H2,2-5H3/b11-7-,12-10-,13-8-,15-14-. The van der Waals surface area contributed by atoms with Crippen LogP contribution < -0.4 is 0 Å². The molecule has 0 aliphatic rings. The van der Waals surface area contributed by atoms with E-state index in [1.165, 1.54) is 16.7 Å². The monoisotopic (exact) mass is 202 g/mol. The number of hydrogen-bond donors (Lipinski definition) is 0. The van der Waals surface area contributed by atoms with E-state index in [1.807, 2.05) is 12.2 Å². The van der Waals surface area contributed by atoms with Gasteiger partial charge < -0.3 is 0 Å². The molecule has 0 bridgehead atoms. The van der Waals surface area contributed by atoms with Crippen molar-refractivity contribution in [1.29, 1.82) is 0 Å². The van der Waals surface area contributed by atoms with Crippen molar-refractivity contribution < 1.29 is 0 Å². The fourth-order valence-corrected chi connectivity index (χ4v) is 1.41. The lowest BCUT2D eigenvalue weighted by atomic mass is 9.98. The highest BCUT2D eigenvalue weighted by Crippen LogP contribution is 2.20. The summed E-state index contributed by atoms with van der Waals surface area (Å²) in [6.45, 7) is 12.1. The molecule has 0 aromatic carbocycles. The molecule has 0 saturated carbocycles. The van der Waals surface area contributed by atoms with Crippen LogP contribution >= 0.6 is 0 Å². The van der Waals surface area contributed by atoms with Gasteiger partial charge in [-0.15, -0.1) is 0 Å². The summed E-state index contributed by atoms with van der Waals surface area (Å²) in [5.41, 5.74) is 3.98. The second-order valence-corrected chi connectivity index (χ2v) is 3.36. The molecular weight excluding hydrogens is 180 g/mol. The third-order valence-corrected chi connectivity index (χ3v) is 2.35. The van der Waals surface area contributed by atoms with Gasteiger partial charge >= 0.3 is 0 Å². The van der Waals surface area contributed by atoms with E-state index in [0.717, 1.165) is 6.42 Å². The number of allylic oxidation sites excluding steroid dienone is 9. The third-order valence-electron chi connectivity index (χ3n) is 2.35. The summed E-state index contributed by atoms with van der Waals surface area (Å²) in [6.07, 6.45) is 13.4. The lowest BCUT2D eigenvalue weighted by Gasteiger charge is -2.08. The normalized spacial score (nSPS) is 14.8. The Morgan fingerprint density at radius 1 is 1.20 bits per heavy atom. The Labute approximate surface area is 94.4 Å². The van der Waals surface area contributed by atoms with Gasteiger partial charge in [0.05, 0.1) is 0 Å². The fourth-order valence-electron chi connectivity index (χ4n) is 1.41. The van der Waals surface area contributed by atoms with E-state index >= 15 is 0 Å². The maximum Gasteiger partial charge on any atom is -0.0199 e. The van der Waals surface area contributed by atoms with Crippen LogP contribution in [-0.2, 0) is 0 Å². The fraction of sp³-hybridized carbons (Fsp3) is 0.333. The summed E-state index contributed by atoms with van der Waals surface area (Å²) in [5, 5.41) is 0. The van der Waals surface area contributed by atoms with Crippen LogP contribution in [0.25, 0.3) is 0 Å². The summed E-state index contributed by atoms with van der Waals surface area (Å²) in [6, 6.07) is 0. The van der Waals surface area contributed by atoms with Gasteiger partial charge in [-0.2, -0.15) is 0 Å². The first kappa shape index (κ1) is 13.7. The molecule has 0 heterocycles. The molecule has 0 heteroatoms. The summed E-state index contributed by atoms with van der Waals surface area (Å²) in [7, 11) is 0. The zero-order valence-electron chi connectivity index (χ0n) is 10.4. The third kappa shape index (κ3) is 4.64. The molecule has 0 saturated heterocycles. The van der Waals surface area contributed by atoms with Gasteiger partial charge in [-0.3, -0.25) is 0 Å². The molecule has 0 rings (SSSR count). The van der Waals surface area contributed by atoms with Crippen molar-refractivity contribution in [2.24, 2.45) is 0 Å². The smallest absolute Gasteiger partial charge is 0.0199 e. The lowest BCUT2D eigenvalue weighted by molar-refractivity contribution is 1.12. The van der Waals surface area contributed by atoms with Crippen LogP contribution in [-0.4, -0.2) is 0 Å². The highest BCUT2D eigenvalue weighted by atomic mass is 14.1. The van der Waals surface area contributed by atoms with Crippen LogP contribution in [0.1, 0.15) is 34.1 Å². The van der Waals surface area contributed by atoms with Crippen molar-refractivity contribution in [3.63, 3.8) is 0 Å². The Hall–Kier alpha value is -1.30. The van der Waals surface area contributed by atoms with Gasteiger partial charge in [-0.25, -0.2) is 0 Å². The maximum absolute atomic E-state index is 3.70. The minimum absolute atomic E-state index is 1.05. The van der Waals surface area contributed by atoms with E-state index in [0.29, 0.717) is 0 Å². The SMILES string of the molecule is C=C\C=C/C(C(/C)=C\C)=C(/C=C\C)CC. The zero-order valence-corrected chi connectivity index (χ0v) is 10.4. The van der Waals surface area contributed by atoms with Gasteiger partial charge in [0.25, 0.3) is 0 Å². The van der Waals surface area contributed by atoms with Gasteiger partial charge in [0.1, 0.15) is 0 Å². The topological polar surface area (TPSA) is 0 Å². The Bertz CT molecular complexity index is 309. The zero-order chi connectivity index (χ0) is 11.7. The van der Waals surface area contributed by atoms with E-state index < -0.39 is 0 Å². The molecule has 0 amide bonds. The Balaban J connectivity index is 5.38. The van der Waals surface area contributed by atoms with Gasteiger partial charge in [0.15, 0.2) is 0 Å². The van der Waals surface area contributed by atoms with Gasteiger partial charge in [-0.1, -0.05) is 50.0 Å². The second kappa shape index (κ2) is 8.05. The quantitative estimate of drug-likeness (QED) is 0.552. The van der Waals surface area contributed by atoms with E-state index in [2.05, 4.69) is 58.6 Å². The summed E-state index contributed by atoms with van der Waals surface area (Å²) in [4.78, 5) is 0. The molecule has 0 radical (unpaired) electrons. The van der Waals surface area contributed by atoms with Crippen LogP contribution in [0.3, 0.4) is 0 Å². The van der Waals surface area contributed by atoms with E-state index in [4.69, 9.17) is 0 Å². The first-order chi connectivity index (χ1) is 7.21. The predicted octanol–water partition coefficient (Wildman–Crippen LogP) is 4.98. The minimum atomic E-state index is 1.05. The molecule has 0 atom stereocenters. The van der Waals surface area contributed by atoms with Crippen LogP contribution in [0, 0.1) is 0 Å². The van der Waals surface area contributed by atoms with Gasteiger partial charge in [0.2, 0.25) is 0 Å². The van der Waals surface area contributed by atoms with Crippen LogP contribution in [0.2, 0.25) is 0 Å². The molecule has 15 heavy (non-hydrogen) atoms. The summed E-state index contributed by atoms with van der Waals surface area (Å²) in [5.74, 6) is 0. The van der Waals surface area contributed by atoms with E-state index in [-0.39, 0.29) is 0 Å². The van der Waals surface area contributed by atoms with Crippen LogP contribution in [0.15, 0.2) is 59.8 Å². The molecule has 0 aromatic heterocycles. The van der Waals surface area contributed by atoms with Crippen LogP contribution in [0.5, 0.6) is 0 Å². The van der Waals surface area contributed by atoms with Crippen LogP contribution in [0.4, 0.5) is 0 Å². The molecule has 0 fully saturated rings.